The Bertz CT molecular complexity index is 818. The van der Waals surface area contributed by atoms with Crippen molar-refractivity contribution < 1.29 is 19.1 Å². The molecule has 8 heteroatoms. The molecule has 0 radical (unpaired) electrons. The Morgan fingerprint density at radius 2 is 2.04 bits per heavy atom. The predicted octanol–water partition coefficient (Wildman–Crippen LogP) is 1.67. The lowest BCUT2D eigenvalue weighted by molar-refractivity contribution is -0.139. The van der Waals surface area contributed by atoms with Crippen LogP contribution >= 0.6 is 0 Å². The highest BCUT2D eigenvalue weighted by molar-refractivity contribution is 5.95. The molecule has 1 aliphatic heterocycles. The van der Waals surface area contributed by atoms with E-state index in [0.29, 0.717) is 18.9 Å². The van der Waals surface area contributed by atoms with Gasteiger partial charge in [0.15, 0.2) is 0 Å². The smallest absolute Gasteiger partial charge is 0.325 e. The average molecular weight is 358 g/mol. The number of pyridine rings is 1. The van der Waals surface area contributed by atoms with E-state index in [9.17, 15) is 9.59 Å². The first-order chi connectivity index (χ1) is 12.6. The number of nitrogens with zero attached hydrogens (tertiary/aromatic N) is 2. The van der Waals surface area contributed by atoms with Gasteiger partial charge in [0.25, 0.3) is 0 Å². The molecule has 1 saturated heterocycles. The molecule has 0 spiro atoms. The third-order valence-electron chi connectivity index (χ3n) is 4.22. The average Bonchev–Trinajstić information content (AvgIpc) is 2.67. The van der Waals surface area contributed by atoms with E-state index in [1.807, 2.05) is 19.1 Å². The highest BCUT2D eigenvalue weighted by Gasteiger charge is 2.14. The lowest BCUT2D eigenvalue weighted by atomic mass is 10.1. The van der Waals surface area contributed by atoms with Gasteiger partial charge in [-0.25, -0.2) is 9.78 Å². The molecule has 26 heavy (non-hydrogen) atoms. The molecule has 0 atom stereocenters. The number of benzene rings is 1. The van der Waals surface area contributed by atoms with E-state index in [-0.39, 0.29) is 6.54 Å². The van der Waals surface area contributed by atoms with Crippen LogP contribution in [0.25, 0.3) is 10.9 Å². The molecule has 8 nitrogen and oxygen atoms in total. The molecule has 1 aliphatic rings. The van der Waals surface area contributed by atoms with Crippen molar-refractivity contribution in [1.29, 1.82) is 0 Å². The molecule has 2 amide bonds. The normalized spacial score (nSPS) is 14.2. The van der Waals surface area contributed by atoms with Crippen molar-refractivity contribution in [3.63, 3.8) is 0 Å². The number of ether oxygens (including phenoxy) is 2. The van der Waals surface area contributed by atoms with Crippen LogP contribution in [0.5, 0.6) is 0 Å². The van der Waals surface area contributed by atoms with E-state index >= 15 is 0 Å². The minimum atomic E-state index is -0.505. The summed E-state index contributed by atoms with van der Waals surface area (Å²) in [6.45, 7) is 4.93. The molecular weight excluding hydrogens is 336 g/mol. The van der Waals surface area contributed by atoms with E-state index in [0.717, 1.165) is 35.4 Å². The number of aryl methyl sites for hydroxylation is 1. The Hall–Kier alpha value is -2.87. The van der Waals surface area contributed by atoms with Crippen molar-refractivity contribution in [2.24, 2.45) is 0 Å². The summed E-state index contributed by atoms with van der Waals surface area (Å²) in [5.74, 6) is 0.434. The maximum Gasteiger partial charge on any atom is 0.325 e. The zero-order chi connectivity index (χ0) is 18.5. The Morgan fingerprint density at radius 1 is 1.27 bits per heavy atom. The monoisotopic (exact) mass is 358 g/mol. The molecule has 1 aromatic heterocycles. The van der Waals surface area contributed by atoms with Crippen LogP contribution in [0.1, 0.15) is 5.56 Å². The molecule has 1 aromatic carbocycles. The SMILES string of the molecule is COC(=O)CNC(=O)Nc1ccc2nc(N3CCOCC3)cc(C)c2c1. The van der Waals surface area contributed by atoms with Gasteiger partial charge in [0.1, 0.15) is 12.4 Å². The number of methoxy groups -OCH3 is 1. The van der Waals surface area contributed by atoms with Gasteiger partial charge in [0.2, 0.25) is 0 Å². The summed E-state index contributed by atoms with van der Waals surface area (Å²) in [5, 5.41) is 6.11. The third kappa shape index (κ3) is 4.20. The topological polar surface area (TPSA) is 92.8 Å². The molecule has 2 N–H and O–H groups in total. The number of carbonyl (C=O) groups is 2. The molecule has 2 heterocycles. The molecule has 138 valence electrons. The quantitative estimate of drug-likeness (QED) is 0.808. The largest absolute Gasteiger partial charge is 0.468 e. The van der Waals surface area contributed by atoms with Crippen LogP contribution in [-0.2, 0) is 14.3 Å². The van der Waals surface area contributed by atoms with Gasteiger partial charge in [-0.15, -0.1) is 0 Å². The molecule has 2 aromatic rings. The van der Waals surface area contributed by atoms with Gasteiger partial charge >= 0.3 is 12.0 Å². The molecule has 0 saturated carbocycles. The highest BCUT2D eigenvalue weighted by atomic mass is 16.5. The van der Waals surface area contributed by atoms with Crippen LogP contribution in [0.15, 0.2) is 24.3 Å². The summed E-state index contributed by atoms with van der Waals surface area (Å²) < 4.78 is 9.87. The Kier molecular flexibility index (Phi) is 5.52. The van der Waals surface area contributed by atoms with Gasteiger partial charge in [-0.1, -0.05) is 0 Å². The number of amides is 2. The number of esters is 1. The van der Waals surface area contributed by atoms with Crippen molar-refractivity contribution in [3.05, 3.63) is 29.8 Å². The number of morpholine rings is 1. The van der Waals surface area contributed by atoms with Crippen molar-refractivity contribution >= 4 is 34.4 Å². The van der Waals surface area contributed by atoms with E-state index in [1.165, 1.54) is 7.11 Å². The van der Waals surface area contributed by atoms with Crippen LogP contribution in [0, 0.1) is 6.92 Å². The van der Waals surface area contributed by atoms with Gasteiger partial charge in [-0.05, 0) is 36.8 Å². The van der Waals surface area contributed by atoms with Crippen LogP contribution in [-0.4, -0.2) is 56.9 Å². The maximum atomic E-state index is 11.9. The first-order valence-electron chi connectivity index (χ1n) is 8.42. The molecular formula is C18H22N4O4. The fraction of sp³-hybridized carbons (Fsp3) is 0.389. The Labute approximate surface area is 151 Å². The van der Waals surface area contributed by atoms with Gasteiger partial charge in [0, 0.05) is 24.2 Å². The maximum absolute atomic E-state index is 11.9. The number of nitrogens with one attached hydrogen (secondary N) is 2. The predicted molar refractivity (Wildman–Crippen MR) is 98.5 cm³/mol. The fourth-order valence-electron chi connectivity index (χ4n) is 2.81. The first kappa shape index (κ1) is 17.9. The number of hydrogen-bond acceptors (Lipinski definition) is 6. The third-order valence-corrected chi connectivity index (χ3v) is 4.22. The molecule has 3 rings (SSSR count). The van der Waals surface area contributed by atoms with Crippen LogP contribution in [0.3, 0.4) is 0 Å². The van der Waals surface area contributed by atoms with Crippen LogP contribution < -0.4 is 15.5 Å². The van der Waals surface area contributed by atoms with E-state index in [2.05, 4.69) is 26.3 Å². The Balaban J connectivity index is 1.75. The van der Waals surface area contributed by atoms with Crippen molar-refractivity contribution in [3.8, 4) is 0 Å². The van der Waals surface area contributed by atoms with Gasteiger partial charge in [0.05, 0.1) is 25.8 Å². The number of carbonyl (C=O) groups excluding carboxylic acids is 2. The zero-order valence-corrected chi connectivity index (χ0v) is 14.9. The van der Waals surface area contributed by atoms with Crippen LogP contribution in [0.4, 0.5) is 16.3 Å². The zero-order valence-electron chi connectivity index (χ0n) is 14.9. The molecule has 0 bridgehead atoms. The van der Waals surface area contributed by atoms with Crippen molar-refractivity contribution in [1.82, 2.24) is 10.3 Å². The van der Waals surface area contributed by atoms with Gasteiger partial charge < -0.3 is 25.0 Å². The molecule has 0 unspecified atom stereocenters. The summed E-state index contributed by atoms with van der Waals surface area (Å²) in [7, 11) is 1.27. The van der Waals surface area contributed by atoms with Crippen molar-refractivity contribution in [2.75, 3.05) is 50.2 Å². The van der Waals surface area contributed by atoms with E-state index < -0.39 is 12.0 Å². The number of fused-ring (bicyclic) bond motifs is 1. The number of urea groups is 1. The summed E-state index contributed by atoms with van der Waals surface area (Å²) in [5.41, 5.74) is 2.58. The second-order valence-electron chi connectivity index (χ2n) is 6.01. The van der Waals surface area contributed by atoms with Gasteiger partial charge in [-0.3, -0.25) is 4.79 Å². The number of hydrogen-bond donors (Lipinski definition) is 2. The lowest BCUT2D eigenvalue weighted by Gasteiger charge is -2.28. The van der Waals surface area contributed by atoms with E-state index in [1.54, 1.807) is 6.07 Å². The van der Waals surface area contributed by atoms with E-state index in [4.69, 9.17) is 9.72 Å². The van der Waals surface area contributed by atoms with Crippen molar-refractivity contribution in [2.45, 2.75) is 6.92 Å². The minimum absolute atomic E-state index is 0.181. The number of aromatic nitrogens is 1. The van der Waals surface area contributed by atoms with Crippen LogP contribution in [0.2, 0.25) is 0 Å². The molecule has 0 aliphatic carbocycles. The first-order valence-corrected chi connectivity index (χ1v) is 8.42. The minimum Gasteiger partial charge on any atom is -0.468 e. The second kappa shape index (κ2) is 8.01. The molecule has 1 fully saturated rings. The highest BCUT2D eigenvalue weighted by Crippen LogP contribution is 2.25. The fourth-order valence-corrected chi connectivity index (χ4v) is 2.81. The summed E-state index contributed by atoms with van der Waals surface area (Å²) >= 11 is 0. The second-order valence-corrected chi connectivity index (χ2v) is 6.01. The number of rotatable bonds is 4. The summed E-state index contributed by atoms with van der Waals surface area (Å²) in [6.07, 6.45) is 0. The standard InChI is InChI=1S/C18H22N4O4/c1-12-9-16(22-5-7-26-8-6-22)21-15-4-3-13(10-14(12)15)20-18(24)19-11-17(23)25-2/h3-4,9-10H,5-8,11H2,1-2H3,(H2,19,20,24). The Morgan fingerprint density at radius 3 is 2.77 bits per heavy atom. The summed E-state index contributed by atoms with van der Waals surface area (Å²) in [4.78, 5) is 29.9. The van der Waals surface area contributed by atoms with Gasteiger partial charge in [-0.2, -0.15) is 0 Å². The summed E-state index contributed by atoms with van der Waals surface area (Å²) in [6, 6.07) is 7.12. The number of anilines is 2. The lowest BCUT2D eigenvalue weighted by Crippen LogP contribution is -2.36.